The van der Waals surface area contributed by atoms with E-state index in [-0.39, 0.29) is 0 Å². The zero-order valence-electron chi connectivity index (χ0n) is 14.3. The van der Waals surface area contributed by atoms with Crippen LogP contribution in [0.1, 0.15) is 41.4 Å². The number of nitrogens with two attached hydrogens (primary N) is 1. The number of nitrogens with zero attached hydrogens (tertiary/aromatic N) is 3. The number of nitrogens with one attached hydrogen (secondary N) is 2. The fraction of sp³-hybridized carbons (Fsp3) is 0.316. The summed E-state index contributed by atoms with van der Waals surface area (Å²) in [5.74, 6) is 1.38. The Kier molecular flexibility index (Phi) is 5.26. The number of aromatic nitrogens is 2. The Bertz CT molecular complexity index is 815. The molecule has 128 valence electrons. The van der Waals surface area contributed by atoms with Gasteiger partial charge in [0.1, 0.15) is 5.82 Å². The average Bonchev–Trinajstić information content (AvgIpc) is 2.66. The summed E-state index contributed by atoms with van der Waals surface area (Å²) in [7, 11) is 1.83. The molecule has 0 amide bonds. The summed E-state index contributed by atoms with van der Waals surface area (Å²) in [6.45, 7) is 1.96. The van der Waals surface area contributed by atoms with Crippen molar-refractivity contribution in [3.63, 3.8) is 0 Å². The van der Waals surface area contributed by atoms with E-state index in [2.05, 4.69) is 21.7 Å². The Morgan fingerprint density at radius 1 is 1.40 bits per heavy atom. The van der Waals surface area contributed by atoms with Crippen molar-refractivity contribution in [1.82, 2.24) is 20.6 Å². The van der Waals surface area contributed by atoms with Crippen molar-refractivity contribution in [2.75, 3.05) is 25.9 Å². The van der Waals surface area contributed by atoms with Gasteiger partial charge in [0.2, 0.25) is 0 Å². The standard InChI is InChI=1S/C19H22N6/c1-22-12-16(14-5-2-4-13(8-14)10-20)19-24-17(9-18(21)25-19)15-6-3-7-23-11-15/h2,4-5,8-9,12,15,22-23H,3,6-7,11H2,1H3,(H2,21,24,25). The molecule has 0 spiro atoms. The molecule has 6 heteroatoms. The molecule has 1 atom stereocenters. The number of rotatable bonds is 4. The number of hydrogen-bond donors (Lipinski definition) is 3. The van der Waals surface area contributed by atoms with E-state index in [9.17, 15) is 0 Å². The second-order valence-corrected chi connectivity index (χ2v) is 6.12. The molecule has 1 saturated heterocycles. The molecule has 1 aliphatic heterocycles. The van der Waals surface area contributed by atoms with Crippen LogP contribution >= 0.6 is 0 Å². The number of nitrogen functional groups attached to an aromatic ring is 1. The second kappa shape index (κ2) is 7.77. The minimum absolute atomic E-state index is 0.346. The van der Waals surface area contributed by atoms with Gasteiger partial charge < -0.3 is 16.4 Å². The largest absolute Gasteiger partial charge is 0.393 e. The fourth-order valence-electron chi connectivity index (χ4n) is 3.10. The molecular formula is C19H22N6. The Balaban J connectivity index is 2.03. The van der Waals surface area contributed by atoms with Crippen molar-refractivity contribution in [1.29, 1.82) is 5.26 Å². The van der Waals surface area contributed by atoms with Crippen molar-refractivity contribution in [2.24, 2.45) is 0 Å². The van der Waals surface area contributed by atoms with Crippen molar-refractivity contribution >= 4 is 11.4 Å². The van der Waals surface area contributed by atoms with Crippen LogP contribution in [0.15, 0.2) is 36.5 Å². The van der Waals surface area contributed by atoms with Gasteiger partial charge >= 0.3 is 0 Å². The van der Waals surface area contributed by atoms with Crippen LogP contribution in [0.3, 0.4) is 0 Å². The lowest BCUT2D eigenvalue weighted by atomic mass is 9.95. The molecule has 1 aromatic carbocycles. The first kappa shape index (κ1) is 16.9. The summed E-state index contributed by atoms with van der Waals surface area (Å²) in [6, 6.07) is 11.4. The summed E-state index contributed by atoms with van der Waals surface area (Å²) in [5, 5.41) is 15.6. The molecule has 3 rings (SSSR count). The predicted octanol–water partition coefficient (Wildman–Crippen LogP) is 2.01. The van der Waals surface area contributed by atoms with E-state index in [0.717, 1.165) is 42.8 Å². The van der Waals surface area contributed by atoms with Crippen molar-refractivity contribution in [2.45, 2.75) is 18.8 Å². The van der Waals surface area contributed by atoms with Gasteiger partial charge in [-0.1, -0.05) is 12.1 Å². The highest BCUT2D eigenvalue weighted by Crippen LogP contribution is 2.26. The van der Waals surface area contributed by atoms with Crippen LogP contribution in [-0.2, 0) is 0 Å². The molecule has 1 fully saturated rings. The topological polar surface area (TPSA) is 99.7 Å². The van der Waals surface area contributed by atoms with E-state index >= 15 is 0 Å². The average molecular weight is 334 g/mol. The van der Waals surface area contributed by atoms with E-state index < -0.39 is 0 Å². The highest BCUT2D eigenvalue weighted by molar-refractivity contribution is 5.77. The number of piperidine rings is 1. The molecule has 0 aliphatic carbocycles. The highest BCUT2D eigenvalue weighted by Gasteiger charge is 2.19. The van der Waals surface area contributed by atoms with Crippen LogP contribution in [-0.4, -0.2) is 30.1 Å². The van der Waals surface area contributed by atoms with Crippen LogP contribution in [0.2, 0.25) is 0 Å². The van der Waals surface area contributed by atoms with E-state index in [4.69, 9.17) is 16.0 Å². The Morgan fingerprint density at radius 3 is 3.00 bits per heavy atom. The van der Waals surface area contributed by atoms with Gasteiger partial charge in [-0.05, 0) is 37.1 Å². The zero-order chi connectivity index (χ0) is 17.6. The Morgan fingerprint density at radius 2 is 2.28 bits per heavy atom. The van der Waals surface area contributed by atoms with Crippen molar-refractivity contribution in [3.8, 4) is 6.07 Å². The minimum Gasteiger partial charge on any atom is -0.393 e. The van der Waals surface area contributed by atoms with Gasteiger partial charge in [0.25, 0.3) is 0 Å². The van der Waals surface area contributed by atoms with Gasteiger partial charge in [-0.15, -0.1) is 0 Å². The molecule has 0 bridgehead atoms. The zero-order valence-corrected chi connectivity index (χ0v) is 14.3. The lowest BCUT2D eigenvalue weighted by Crippen LogP contribution is -2.29. The molecule has 6 nitrogen and oxygen atoms in total. The van der Waals surface area contributed by atoms with Gasteiger partial charge in [0.15, 0.2) is 5.82 Å². The van der Waals surface area contributed by atoms with Gasteiger partial charge in [-0.2, -0.15) is 5.26 Å². The van der Waals surface area contributed by atoms with Crippen LogP contribution in [0.5, 0.6) is 0 Å². The fourth-order valence-corrected chi connectivity index (χ4v) is 3.10. The first-order chi connectivity index (χ1) is 12.2. The van der Waals surface area contributed by atoms with Crippen LogP contribution in [0, 0.1) is 11.3 Å². The Hall–Kier alpha value is -2.91. The number of anilines is 1. The molecule has 25 heavy (non-hydrogen) atoms. The van der Waals surface area contributed by atoms with Crippen LogP contribution in [0.25, 0.3) is 5.57 Å². The lowest BCUT2D eigenvalue weighted by molar-refractivity contribution is 0.454. The summed E-state index contributed by atoms with van der Waals surface area (Å²) >= 11 is 0. The molecule has 1 aliphatic rings. The number of benzene rings is 1. The van der Waals surface area contributed by atoms with Gasteiger partial charge in [-0.3, -0.25) is 0 Å². The van der Waals surface area contributed by atoms with E-state index in [1.165, 1.54) is 0 Å². The van der Waals surface area contributed by atoms with Gasteiger partial charge in [0.05, 0.1) is 17.3 Å². The van der Waals surface area contributed by atoms with Crippen molar-refractivity contribution < 1.29 is 0 Å². The normalized spacial score (nSPS) is 17.8. The molecule has 0 radical (unpaired) electrons. The first-order valence-corrected chi connectivity index (χ1v) is 8.45. The van der Waals surface area contributed by atoms with Gasteiger partial charge in [0, 0.05) is 37.3 Å². The van der Waals surface area contributed by atoms with E-state index in [1.807, 2.05) is 37.5 Å². The molecule has 2 aromatic rings. The van der Waals surface area contributed by atoms with Crippen LogP contribution in [0.4, 0.5) is 5.82 Å². The quantitative estimate of drug-likeness (QED) is 0.791. The third kappa shape index (κ3) is 3.95. The summed E-state index contributed by atoms with van der Waals surface area (Å²) in [6.07, 6.45) is 4.07. The maximum atomic E-state index is 9.16. The SMILES string of the molecule is CNC=C(c1cccc(C#N)c1)c1nc(N)cc(C2CCCNC2)n1. The maximum absolute atomic E-state index is 9.16. The van der Waals surface area contributed by atoms with E-state index in [1.54, 1.807) is 6.07 Å². The van der Waals surface area contributed by atoms with E-state index in [0.29, 0.717) is 23.1 Å². The smallest absolute Gasteiger partial charge is 0.163 e. The third-order valence-corrected chi connectivity index (χ3v) is 4.31. The minimum atomic E-state index is 0.346. The molecule has 1 aromatic heterocycles. The monoisotopic (exact) mass is 334 g/mol. The second-order valence-electron chi connectivity index (χ2n) is 6.12. The summed E-state index contributed by atoms with van der Waals surface area (Å²) in [5.41, 5.74) is 9.32. The predicted molar refractivity (Wildman–Crippen MR) is 98.6 cm³/mol. The molecule has 4 N–H and O–H groups in total. The summed E-state index contributed by atoms with van der Waals surface area (Å²) < 4.78 is 0. The Labute approximate surface area is 147 Å². The number of nitriles is 1. The molecule has 2 heterocycles. The van der Waals surface area contributed by atoms with Gasteiger partial charge in [-0.25, -0.2) is 9.97 Å². The highest BCUT2D eigenvalue weighted by atomic mass is 15.0. The molecular weight excluding hydrogens is 312 g/mol. The van der Waals surface area contributed by atoms with Crippen LogP contribution < -0.4 is 16.4 Å². The summed E-state index contributed by atoms with van der Waals surface area (Å²) in [4.78, 5) is 9.22. The third-order valence-electron chi connectivity index (χ3n) is 4.31. The molecule has 1 unspecified atom stereocenters. The number of hydrogen-bond acceptors (Lipinski definition) is 6. The maximum Gasteiger partial charge on any atom is 0.163 e. The first-order valence-electron chi connectivity index (χ1n) is 8.45. The lowest BCUT2D eigenvalue weighted by Gasteiger charge is -2.23. The molecule has 0 saturated carbocycles. The van der Waals surface area contributed by atoms with Crippen molar-refractivity contribution in [3.05, 3.63) is 59.2 Å².